The Hall–Kier alpha value is -3.51. The van der Waals surface area contributed by atoms with E-state index in [4.69, 9.17) is 4.84 Å². The van der Waals surface area contributed by atoms with Gasteiger partial charge >= 0.3 is 6.18 Å². The molecule has 1 aliphatic rings. The van der Waals surface area contributed by atoms with Crippen molar-refractivity contribution >= 4 is 17.3 Å². The highest BCUT2D eigenvalue weighted by Gasteiger charge is 2.35. The van der Waals surface area contributed by atoms with E-state index in [1.807, 2.05) is 45.9 Å². The number of nitrogens with zero attached hydrogens (tertiary/aromatic N) is 4. The largest absolute Gasteiger partial charge is 0.406 e. The first-order valence-electron chi connectivity index (χ1n) is 16.2. The van der Waals surface area contributed by atoms with Gasteiger partial charge in [-0.25, -0.2) is 5.43 Å². The standard InChI is InChI=1S/C34H47F3N6O3/c1-24(2)31-27(10-9-14-38-31)32-29(19-33(3,4)22-46-41-45)28-18-25(11-12-30(28)43(32)21-34(35,36)37)26-13-17-42(20-26)16-8-6-5-7-15-39-40-23-44/h9-12,14,18,23-24,26,39H,5-8,13,15-17,19-22H2,1-4H3,(H,40,44). The van der Waals surface area contributed by atoms with Crippen molar-refractivity contribution in [1.82, 2.24) is 25.3 Å². The van der Waals surface area contributed by atoms with Crippen LogP contribution in [-0.2, 0) is 22.6 Å². The summed E-state index contributed by atoms with van der Waals surface area (Å²) in [5, 5.41) is 3.37. The molecule has 0 aliphatic carbocycles. The summed E-state index contributed by atoms with van der Waals surface area (Å²) in [4.78, 5) is 33.1. The van der Waals surface area contributed by atoms with Crippen LogP contribution in [-0.4, -0.2) is 59.8 Å². The number of aromatic nitrogens is 2. The molecule has 9 nitrogen and oxygen atoms in total. The fraction of sp³-hybridized carbons (Fsp3) is 0.588. The van der Waals surface area contributed by atoms with E-state index < -0.39 is 18.1 Å². The Balaban J connectivity index is 1.68. The van der Waals surface area contributed by atoms with E-state index in [1.54, 1.807) is 12.3 Å². The van der Waals surface area contributed by atoms with Crippen LogP contribution in [0.2, 0.25) is 0 Å². The molecule has 3 aromatic rings. The van der Waals surface area contributed by atoms with Crippen LogP contribution < -0.4 is 10.9 Å². The predicted molar refractivity (Wildman–Crippen MR) is 174 cm³/mol. The number of hydrogen-bond donors (Lipinski definition) is 2. The molecular weight excluding hydrogens is 597 g/mol. The van der Waals surface area contributed by atoms with E-state index in [1.165, 1.54) is 4.57 Å². The molecule has 0 spiro atoms. The molecule has 46 heavy (non-hydrogen) atoms. The second kappa shape index (κ2) is 15.9. The molecule has 1 amide bonds. The first kappa shape index (κ1) is 35.3. The summed E-state index contributed by atoms with van der Waals surface area (Å²) in [6.45, 7) is 10.4. The van der Waals surface area contributed by atoms with Gasteiger partial charge in [-0.2, -0.15) is 13.2 Å². The third-order valence-corrected chi connectivity index (χ3v) is 8.76. The number of likely N-dealkylation sites (tertiary alicyclic amines) is 1. The lowest BCUT2D eigenvalue weighted by molar-refractivity contribution is -0.139. The minimum Gasteiger partial charge on any atom is -0.363 e. The van der Waals surface area contributed by atoms with Crippen LogP contribution in [0.1, 0.15) is 88.5 Å². The normalized spacial score (nSPS) is 16.0. The second-order valence-corrected chi connectivity index (χ2v) is 13.5. The van der Waals surface area contributed by atoms with E-state index in [-0.39, 0.29) is 18.4 Å². The van der Waals surface area contributed by atoms with E-state index in [9.17, 15) is 22.9 Å². The van der Waals surface area contributed by atoms with Gasteiger partial charge in [-0.15, -0.1) is 4.91 Å². The Morgan fingerprint density at radius 3 is 2.65 bits per heavy atom. The van der Waals surface area contributed by atoms with Crippen molar-refractivity contribution in [2.45, 2.75) is 90.8 Å². The van der Waals surface area contributed by atoms with Crippen LogP contribution in [0.4, 0.5) is 13.2 Å². The highest BCUT2D eigenvalue weighted by molar-refractivity contribution is 5.93. The molecular formula is C34H47F3N6O3. The fourth-order valence-electron chi connectivity index (χ4n) is 6.66. The Morgan fingerprint density at radius 1 is 1.15 bits per heavy atom. The number of pyridine rings is 1. The monoisotopic (exact) mass is 644 g/mol. The van der Waals surface area contributed by atoms with Crippen LogP contribution in [0.5, 0.6) is 0 Å². The Bertz CT molecular complexity index is 1460. The highest BCUT2D eigenvalue weighted by Crippen LogP contribution is 2.43. The van der Waals surface area contributed by atoms with Crippen molar-refractivity contribution in [2.75, 3.05) is 32.8 Å². The fourth-order valence-corrected chi connectivity index (χ4v) is 6.66. The molecule has 3 heterocycles. The summed E-state index contributed by atoms with van der Waals surface area (Å²) in [7, 11) is 0. The number of amides is 1. The zero-order chi connectivity index (χ0) is 33.3. The third kappa shape index (κ3) is 9.28. The molecule has 2 N–H and O–H groups in total. The number of fused-ring (bicyclic) bond motifs is 1. The molecule has 0 saturated carbocycles. The van der Waals surface area contributed by atoms with E-state index >= 15 is 0 Å². The van der Waals surface area contributed by atoms with Crippen LogP contribution >= 0.6 is 0 Å². The number of unbranched alkanes of at least 4 members (excludes halogenated alkanes) is 3. The average Bonchev–Trinajstić information content (AvgIpc) is 3.59. The van der Waals surface area contributed by atoms with Crippen molar-refractivity contribution in [1.29, 1.82) is 0 Å². The van der Waals surface area contributed by atoms with Gasteiger partial charge in [0.1, 0.15) is 13.2 Å². The molecule has 1 unspecified atom stereocenters. The average molecular weight is 645 g/mol. The molecule has 1 aliphatic heterocycles. The molecule has 1 atom stereocenters. The van der Waals surface area contributed by atoms with Crippen LogP contribution in [0.25, 0.3) is 22.2 Å². The summed E-state index contributed by atoms with van der Waals surface area (Å²) >= 11 is 0. The summed E-state index contributed by atoms with van der Waals surface area (Å²) in [6, 6.07) is 9.56. The predicted octanol–water partition coefficient (Wildman–Crippen LogP) is 7.26. The second-order valence-electron chi connectivity index (χ2n) is 13.5. The maximum Gasteiger partial charge on any atom is 0.406 e. The molecule has 0 radical (unpaired) electrons. The maximum absolute atomic E-state index is 14.2. The molecule has 1 aromatic carbocycles. The molecule has 0 bridgehead atoms. The highest BCUT2D eigenvalue weighted by atomic mass is 19.4. The van der Waals surface area contributed by atoms with Crippen LogP contribution in [0.15, 0.2) is 41.9 Å². The van der Waals surface area contributed by atoms with Crippen molar-refractivity contribution in [2.24, 2.45) is 10.8 Å². The maximum atomic E-state index is 14.2. The first-order valence-corrected chi connectivity index (χ1v) is 16.2. The van der Waals surface area contributed by atoms with Gasteiger partial charge in [0.25, 0.3) is 0 Å². The minimum absolute atomic E-state index is 0.00632. The zero-order valence-electron chi connectivity index (χ0n) is 27.3. The third-order valence-electron chi connectivity index (χ3n) is 8.76. The van der Waals surface area contributed by atoms with E-state index in [0.29, 0.717) is 29.6 Å². The number of hydrazine groups is 1. The van der Waals surface area contributed by atoms with Gasteiger partial charge < -0.3 is 14.3 Å². The van der Waals surface area contributed by atoms with Gasteiger partial charge in [-0.3, -0.25) is 15.2 Å². The summed E-state index contributed by atoms with van der Waals surface area (Å²) in [5.74, 6) is 0.277. The Labute approximate surface area is 269 Å². The van der Waals surface area contributed by atoms with Crippen molar-refractivity contribution in [3.05, 3.63) is 58.3 Å². The summed E-state index contributed by atoms with van der Waals surface area (Å²) < 4.78 is 44.0. The van der Waals surface area contributed by atoms with Crippen LogP contribution in [0.3, 0.4) is 0 Å². The number of nitrogens with one attached hydrogen (secondary N) is 2. The lowest BCUT2D eigenvalue weighted by atomic mass is 9.83. The summed E-state index contributed by atoms with van der Waals surface area (Å²) in [6.07, 6.45) is 3.53. The number of rotatable bonds is 18. The quantitative estimate of drug-likeness (QED) is 0.0655. The van der Waals surface area contributed by atoms with E-state index in [0.717, 1.165) is 80.5 Å². The number of carbonyl (C=O) groups is 1. The molecule has 12 heteroatoms. The van der Waals surface area contributed by atoms with Gasteiger partial charge in [0.2, 0.25) is 6.41 Å². The minimum atomic E-state index is -4.44. The van der Waals surface area contributed by atoms with Crippen molar-refractivity contribution in [3.8, 4) is 11.3 Å². The molecule has 1 fully saturated rings. The number of alkyl halides is 3. The Kier molecular flexibility index (Phi) is 12.2. The number of halogens is 3. The number of carbonyl (C=O) groups excluding carboxylic acids is 1. The number of hydrogen-bond acceptors (Lipinski definition) is 7. The smallest absolute Gasteiger partial charge is 0.363 e. The topological polar surface area (TPSA) is 101 Å². The zero-order valence-corrected chi connectivity index (χ0v) is 27.3. The SMILES string of the molecule is CC(C)c1ncccc1-c1c(CC(C)(C)CON=O)c2cc(C3CCN(CCCCCCNNC=O)C3)ccc2n1CC(F)(F)F. The van der Waals surface area contributed by atoms with Gasteiger partial charge in [0, 0.05) is 41.2 Å². The van der Waals surface area contributed by atoms with Crippen molar-refractivity contribution in [3.63, 3.8) is 0 Å². The first-order chi connectivity index (χ1) is 21.9. The van der Waals surface area contributed by atoms with Gasteiger partial charge in [0.05, 0.1) is 11.4 Å². The molecule has 2 aromatic heterocycles. The van der Waals surface area contributed by atoms with Crippen molar-refractivity contribution < 1.29 is 22.8 Å². The number of benzene rings is 1. The van der Waals surface area contributed by atoms with Gasteiger partial charge in [-0.1, -0.05) is 46.6 Å². The Morgan fingerprint density at radius 2 is 1.93 bits per heavy atom. The lowest BCUT2D eigenvalue weighted by Crippen LogP contribution is -2.30. The van der Waals surface area contributed by atoms with Gasteiger partial charge in [0.15, 0.2) is 5.34 Å². The molecule has 4 rings (SSSR count). The lowest BCUT2D eigenvalue weighted by Gasteiger charge is -2.24. The van der Waals surface area contributed by atoms with Crippen LogP contribution in [0, 0.1) is 10.3 Å². The van der Waals surface area contributed by atoms with E-state index in [2.05, 4.69) is 32.1 Å². The summed E-state index contributed by atoms with van der Waals surface area (Å²) in [5.41, 5.74) is 9.10. The van der Waals surface area contributed by atoms with Gasteiger partial charge in [-0.05, 0) is 86.0 Å². The molecule has 252 valence electrons. The molecule has 1 saturated heterocycles.